The average molecular weight is 1450 g/mol. The number of hydrogen-bond donors (Lipinski definition) is 10. The van der Waals surface area contributed by atoms with Crippen LogP contribution in [0.5, 0.6) is 0 Å². The molecule has 0 aromatic carbocycles. The van der Waals surface area contributed by atoms with Crippen LogP contribution in [0.3, 0.4) is 0 Å². The van der Waals surface area contributed by atoms with E-state index in [9.17, 15) is 67.0 Å². The van der Waals surface area contributed by atoms with Gasteiger partial charge in [-0.1, -0.05) is 75.5 Å². The minimum absolute atomic E-state index is 0.0130. The molecule has 21 atom stereocenters. The van der Waals surface area contributed by atoms with Gasteiger partial charge in [0.1, 0.15) is 43.2 Å². The van der Waals surface area contributed by atoms with Crippen LogP contribution in [0, 0.1) is 17.8 Å². The van der Waals surface area contributed by atoms with Crippen LogP contribution in [0.4, 0.5) is 0 Å². The van der Waals surface area contributed by atoms with E-state index in [0.29, 0.717) is 75.0 Å². The number of hydrogen-bond acceptors (Lipinski definition) is 25. The van der Waals surface area contributed by atoms with E-state index in [2.05, 4.69) is 34.1 Å². The Kier molecular flexibility index (Phi) is 29.0. The van der Waals surface area contributed by atoms with Gasteiger partial charge < -0.3 is 83.7 Å². The highest BCUT2D eigenvalue weighted by atomic mass is 32.3. The van der Waals surface area contributed by atoms with E-state index >= 15 is 0 Å². The van der Waals surface area contributed by atoms with Gasteiger partial charge in [0, 0.05) is 57.4 Å². The summed E-state index contributed by atoms with van der Waals surface area (Å²) in [7, 11) is -10.4. The zero-order valence-electron chi connectivity index (χ0n) is 55.8. The molecule has 6 saturated heterocycles. The van der Waals surface area contributed by atoms with Crippen LogP contribution in [0.2, 0.25) is 0 Å². The molecule has 1 amide bonds. The van der Waals surface area contributed by atoms with Gasteiger partial charge in [-0.3, -0.25) is 18.7 Å². The zero-order chi connectivity index (χ0) is 70.4. The summed E-state index contributed by atoms with van der Waals surface area (Å²) >= 11 is 0. The minimum atomic E-state index is -5.30. The van der Waals surface area contributed by atoms with Crippen LogP contribution in [0.25, 0.3) is 0 Å². The monoisotopic (exact) mass is 1450 g/mol. The van der Waals surface area contributed by atoms with Crippen LogP contribution in [-0.4, -0.2) is 221 Å². The lowest BCUT2D eigenvalue weighted by Gasteiger charge is -2.50. The van der Waals surface area contributed by atoms with Crippen molar-refractivity contribution in [2.45, 2.75) is 272 Å². The first kappa shape index (κ1) is 79.4. The Morgan fingerprint density at radius 3 is 2.32 bits per heavy atom. The van der Waals surface area contributed by atoms with Gasteiger partial charge in [-0.2, -0.15) is 16.8 Å². The summed E-state index contributed by atoms with van der Waals surface area (Å²) in [6, 6.07) is 0. The number of esters is 2. The Labute approximate surface area is 563 Å². The minimum Gasteiger partial charge on any atom is -0.465 e. The van der Waals surface area contributed by atoms with Gasteiger partial charge in [-0.25, -0.2) is 13.2 Å². The fourth-order valence-corrected chi connectivity index (χ4v) is 14.5. The largest absolute Gasteiger partial charge is 0.465 e. The van der Waals surface area contributed by atoms with Crippen molar-refractivity contribution < 1.29 is 127 Å². The maximum absolute atomic E-state index is 13.3. The van der Waals surface area contributed by atoms with Crippen molar-refractivity contribution in [2.24, 2.45) is 17.8 Å². The normalized spacial score (nSPS) is 33.7. The topological polar surface area (TPSA) is 415 Å². The van der Waals surface area contributed by atoms with Crippen molar-refractivity contribution in [3.8, 4) is 0 Å². The van der Waals surface area contributed by atoms with E-state index in [0.717, 1.165) is 37.7 Å². The third-order valence-corrected chi connectivity index (χ3v) is 19.8. The number of carbonyl (C=O) groups excluding carboxylic acids is 3. The molecule has 28 nitrogen and oxygen atoms in total. The van der Waals surface area contributed by atoms with Crippen molar-refractivity contribution in [1.29, 1.82) is 0 Å². The van der Waals surface area contributed by atoms with Crippen molar-refractivity contribution in [2.75, 3.05) is 33.0 Å². The van der Waals surface area contributed by atoms with E-state index in [1.54, 1.807) is 37.3 Å². The second kappa shape index (κ2) is 35.1. The first-order valence-electron chi connectivity index (χ1n) is 33.5. The van der Waals surface area contributed by atoms with Crippen LogP contribution >= 0.6 is 0 Å². The molecule has 6 fully saturated rings. The third-order valence-electron chi connectivity index (χ3n) is 18.9. The highest BCUT2D eigenvalue weighted by molar-refractivity contribution is 7.81. The Morgan fingerprint density at radius 2 is 1.60 bits per heavy atom. The standard InChI is InChI=1S/C66H103NO27S2/c1-40(16-10-9-14-30-84-56(74)18-12-8-11-17-55(73)67-37-46(68)34-50(70)60(94-96(81,82)83)51(71)39-87-95(78,79)80)38-85-62(76)63(7,77)36-48-21-22-54(72)66(90-48)35-41(2)32-53(91-66)42(3)19-20-47-24-28-65(89-47)29-25-52-61(93-65)57(75)45(6)59(88-52)49(69)33-44(5)58-43(4)23-27-64(92-58)26-13-15-31-86-64/h8-10,12,16,19-20,35,42-44,46-54,57-61,68-72,75,77H,6,11,13-15,17-18,21-34,36-39H2,1-5,7H3,(H,67,73)(H,78,79,80)(H,81,82,83)/b10-9+,12-8+,20-19+,40-16+/i8+1,9+1,10+1,11+1,13+1,14+1,16+1,17+1,19+1,20+1,21+1,22+1,23+1,24+1,25+1,26+1,27+1,28+1,29+1,32+1,33+1,34+1,35+1,36+1,42+1,43+1,44+1,47+1,48+1,49+1,50+1,51+1,52+1,53+1,54+1,55+1,57+1,58+1,60+1,61+1,63+1,64+1,65+1,66+1. The van der Waals surface area contributed by atoms with Gasteiger partial charge in [0.25, 0.3) is 0 Å². The van der Waals surface area contributed by atoms with Gasteiger partial charge in [-0.05, 0) is 120 Å². The van der Waals surface area contributed by atoms with E-state index in [1.807, 2.05) is 26.0 Å². The van der Waals surface area contributed by atoms with Gasteiger partial charge in [-0.15, -0.1) is 0 Å². The van der Waals surface area contributed by atoms with Crippen LogP contribution in [-0.2, 0) is 86.2 Å². The molecule has 7 aliphatic heterocycles. The molecule has 0 bridgehead atoms. The molecule has 0 aromatic rings. The number of rotatable bonds is 32. The molecule has 7 heterocycles. The van der Waals surface area contributed by atoms with Crippen molar-refractivity contribution in [1.82, 2.24) is 5.32 Å². The fraction of sp³-hybridized carbons (Fsp3) is 0.773. The first-order chi connectivity index (χ1) is 45.1. The quantitative estimate of drug-likeness (QED) is 0.0111. The van der Waals surface area contributed by atoms with E-state index in [1.165, 1.54) is 13.0 Å². The lowest BCUT2D eigenvalue weighted by atomic mass is 10.3. The summed E-state index contributed by atoms with van der Waals surface area (Å²) in [4.78, 5) is 37.8. The summed E-state index contributed by atoms with van der Waals surface area (Å²) in [6.07, 6.45) is 7.99. The number of amides is 1. The molecule has 7 aliphatic rings. The number of fused-ring (bicyclic) bond motifs is 1. The summed E-state index contributed by atoms with van der Waals surface area (Å²) in [5.74, 6) is -4.77. The molecule has 0 aromatic heterocycles. The summed E-state index contributed by atoms with van der Waals surface area (Å²) in [5.41, 5.74) is 0.0337. The van der Waals surface area contributed by atoms with Crippen molar-refractivity contribution in [3.05, 3.63) is 71.9 Å². The van der Waals surface area contributed by atoms with Gasteiger partial charge in [0.05, 0.1) is 75.1 Å². The predicted octanol–water partition coefficient (Wildman–Crippen LogP) is 4.43. The fourth-order valence-electron chi connectivity index (χ4n) is 13.7. The Balaban J connectivity index is 0.770. The smallest absolute Gasteiger partial charge is 0.397 e. The summed E-state index contributed by atoms with van der Waals surface area (Å²) in [6.45, 7) is 14.5. The SMILES string of the molecule is C=C1C([13CH](O)[13CH2][13CH](C)[13CH]2O[13C]3([13CH2][13CH2]CCO3)[13CH2][13CH2][13CH]2C)O[13CH]2[13CH2][13CH2][13C]3([13CH2][13CH2][13CH](/[13CH]=[13CH]/[13CH](C)[13CH]4[13CH2]C(C)=[13CH][13C]5(O[13CH]([13CH2][13C](C)(O)C(=O)OC/C(C)=[13CH]/[13CH]=[13CH]/[13CH2]COC(=O)C/C=[13CH]/[13CH2][13CH2][13C](=O)NCC(O)[13CH2][13CH](O)[13CH](OS(=O)(=O)O)[13CH](O)COS(=O)(=O)O)[13CH2][13CH2][13CH]5O)O4)O3)O[13CH]2[13CH]1O. The highest BCUT2D eigenvalue weighted by Gasteiger charge is 2.55. The lowest BCUT2D eigenvalue weighted by molar-refractivity contribution is -0.321. The Bertz CT molecular complexity index is 2980. The molecule has 30 heteroatoms. The van der Waals surface area contributed by atoms with Crippen LogP contribution < -0.4 is 5.32 Å². The highest BCUT2D eigenvalue weighted by Crippen LogP contribution is 2.48. The molecule has 0 aliphatic carbocycles. The zero-order valence-corrected chi connectivity index (χ0v) is 57.4. The number of nitrogens with one attached hydrogen (secondary N) is 1. The molecule has 96 heavy (non-hydrogen) atoms. The number of ether oxygens (including phenoxy) is 9. The first-order valence-corrected chi connectivity index (χ1v) is 36.2. The van der Waals surface area contributed by atoms with Crippen molar-refractivity contribution in [3.63, 3.8) is 0 Å². The second-order valence-electron chi connectivity index (χ2n) is 27.3. The Hall–Kier alpha value is -3.97. The predicted molar refractivity (Wildman–Crippen MR) is 342 cm³/mol. The Morgan fingerprint density at radius 1 is 0.865 bits per heavy atom. The van der Waals surface area contributed by atoms with E-state index < -0.39 is 154 Å². The van der Waals surface area contributed by atoms with E-state index in [-0.39, 0.29) is 69.4 Å². The molecule has 10 N–H and O–H groups in total. The maximum atomic E-state index is 13.3. The molecule has 0 radical (unpaired) electrons. The molecule has 3 spiro atoms. The van der Waals surface area contributed by atoms with Gasteiger partial charge >= 0.3 is 32.7 Å². The van der Waals surface area contributed by atoms with Crippen molar-refractivity contribution >= 4 is 38.6 Å². The average Bonchev–Trinajstić information content (AvgIpc) is 1.20. The molecule has 546 valence electrons. The molecule has 7 rings (SSSR count). The van der Waals surface area contributed by atoms with Gasteiger partial charge in [0.2, 0.25) is 11.7 Å². The van der Waals surface area contributed by atoms with Crippen LogP contribution in [0.1, 0.15) is 164 Å². The molecular weight excluding hydrogens is 1350 g/mol. The maximum Gasteiger partial charge on any atom is 0.397 e. The number of carbonyl (C=O) groups is 3. The lowest BCUT2D eigenvalue weighted by Crippen LogP contribution is -2.60. The summed E-state index contributed by atoms with van der Waals surface area (Å²) < 4.78 is 126. The number of aliphatic hydroxyl groups is 7. The molecule has 0 saturated carbocycles. The second-order valence-corrected chi connectivity index (χ2v) is 29.5. The molecular formula is C66H103NO27S2. The van der Waals surface area contributed by atoms with E-state index in [4.69, 9.17) is 51.7 Å². The molecule has 21 unspecified atom stereocenters. The summed E-state index contributed by atoms with van der Waals surface area (Å²) in [5, 5.41) is 79.1. The van der Waals surface area contributed by atoms with Crippen LogP contribution in [0.15, 0.2) is 71.9 Å². The van der Waals surface area contributed by atoms with Gasteiger partial charge in [0.15, 0.2) is 17.2 Å². The number of allylic oxidation sites excluding steroid dienone is 3. The number of aliphatic hydroxyl groups excluding tert-OH is 6. The third kappa shape index (κ3) is 23.3.